The molecule has 3 fully saturated rings. The monoisotopic (exact) mass is 156 g/mol. The Kier molecular flexibility index (Phi) is 0.658. The Morgan fingerprint density at radius 1 is 1.20 bits per heavy atom. The quantitative estimate of drug-likeness (QED) is 0.531. The Balaban J connectivity index is 1.97. The van der Waals surface area contributed by atoms with E-state index in [2.05, 4.69) is 0 Å². The van der Waals surface area contributed by atoms with Crippen LogP contribution in [0.1, 0.15) is 25.7 Å². The van der Waals surface area contributed by atoms with Crippen molar-refractivity contribution in [3.63, 3.8) is 0 Å². The molecular formula is C8H9ClO. The van der Waals surface area contributed by atoms with Crippen molar-refractivity contribution in [1.82, 2.24) is 0 Å². The van der Waals surface area contributed by atoms with E-state index < -0.39 is 0 Å². The zero-order chi connectivity index (χ0) is 6.98. The zero-order valence-electron chi connectivity index (χ0n) is 5.69. The molecule has 3 saturated carbocycles. The van der Waals surface area contributed by atoms with E-state index in [1.165, 1.54) is 25.7 Å². The number of carbonyl (C=O) groups excluding carboxylic acids is 1. The van der Waals surface area contributed by atoms with Crippen molar-refractivity contribution < 1.29 is 4.79 Å². The van der Waals surface area contributed by atoms with E-state index in [-0.39, 0.29) is 11.2 Å². The summed E-state index contributed by atoms with van der Waals surface area (Å²) in [7, 11) is 0. The van der Waals surface area contributed by atoms with Gasteiger partial charge in [-0.05, 0) is 48.1 Å². The lowest BCUT2D eigenvalue weighted by Gasteiger charge is -1.80. The van der Waals surface area contributed by atoms with Crippen LogP contribution >= 0.6 is 11.6 Å². The van der Waals surface area contributed by atoms with Crippen LogP contribution in [-0.2, 0) is 4.79 Å². The Bertz CT molecular complexity index is 207. The van der Waals surface area contributed by atoms with Crippen LogP contribution < -0.4 is 0 Å². The number of fused-ring (bicyclic) bond motifs is 1. The maximum Gasteiger partial charge on any atom is 0.225 e. The van der Waals surface area contributed by atoms with Gasteiger partial charge in [-0.1, -0.05) is 0 Å². The highest BCUT2D eigenvalue weighted by molar-refractivity contribution is 6.64. The zero-order valence-corrected chi connectivity index (χ0v) is 6.45. The number of carbonyl (C=O) groups is 1. The number of hydrogen-bond acceptors (Lipinski definition) is 1. The molecule has 0 bridgehead atoms. The predicted molar refractivity (Wildman–Crippen MR) is 37.7 cm³/mol. The van der Waals surface area contributed by atoms with Crippen LogP contribution in [0.4, 0.5) is 0 Å². The molecule has 54 valence electrons. The molecule has 0 unspecified atom stereocenters. The van der Waals surface area contributed by atoms with Crippen LogP contribution in [0.2, 0.25) is 0 Å². The summed E-state index contributed by atoms with van der Waals surface area (Å²) in [6.45, 7) is 0. The molecule has 0 atom stereocenters. The second kappa shape index (κ2) is 1.18. The Morgan fingerprint density at radius 2 is 1.60 bits per heavy atom. The fourth-order valence-corrected chi connectivity index (χ4v) is 3.43. The summed E-state index contributed by atoms with van der Waals surface area (Å²) in [6.07, 6.45) is 5.10. The van der Waals surface area contributed by atoms with Gasteiger partial charge in [0, 0.05) is 5.92 Å². The topological polar surface area (TPSA) is 17.1 Å². The maximum absolute atomic E-state index is 10.9. The molecule has 3 aliphatic carbocycles. The molecule has 0 saturated heterocycles. The Hall–Kier alpha value is -0.0400. The molecule has 2 spiro atoms. The summed E-state index contributed by atoms with van der Waals surface area (Å²) in [5, 5.41) is -0.0602. The van der Waals surface area contributed by atoms with Gasteiger partial charge in [0.1, 0.15) is 0 Å². The lowest BCUT2D eigenvalue weighted by atomic mass is 10.3. The van der Waals surface area contributed by atoms with Gasteiger partial charge in [-0.3, -0.25) is 4.79 Å². The first-order valence-corrected chi connectivity index (χ1v) is 4.30. The summed E-state index contributed by atoms with van der Waals surface area (Å²) in [5.41, 5.74) is 0.928. The molecule has 3 rings (SSSR count). The van der Waals surface area contributed by atoms with Gasteiger partial charge in [0.2, 0.25) is 5.24 Å². The minimum atomic E-state index is -0.0602. The van der Waals surface area contributed by atoms with E-state index in [1.54, 1.807) is 0 Å². The molecule has 2 heteroatoms. The van der Waals surface area contributed by atoms with Gasteiger partial charge >= 0.3 is 0 Å². The molecule has 10 heavy (non-hydrogen) atoms. The van der Waals surface area contributed by atoms with Gasteiger partial charge in [-0.2, -0.15) is 0 Å². The van der Waals surface area contributed by atoms with E-state index in [9.17, 15) is 4.79 Å². The van der Waals surface area contributed by atoms with Gasteiger partial charge in [0.05, 0.1) is 0 Å². The van der Waals surface area contributed by atoms with Crippen LogP contribution in [-0.4, -0.2) is 5.24 Å². The fourth-order valence-electron chi connectivity index (χ4n) is 3.02. The number of rotatable bonds is 1. The third-order valence-electron chi connectivity index (χ3n) is 3.82. The van der Waals surface area contributed by atoms with Crippen molar-refractivity contribution in [2.45, 2.75) is 25.7 Å². The van der Waals surface area contributed by atoms with Gasteiger partial charge in [-0.15, -0.1) is 0 Å². The van der Waals surface area contributed by atoms with Gasteiger partial charge < -0.3 is 0 Å². The van der Waals surface area contributed by atoms with Crippen molar-refractivity contribution in [3.05, 3.63) is 0 Å². The maximum atomic E-state index is 10.9. The first-order valence-electron chi connectivity index (χ1n) is 3.92. The summed E-state index contributed by atoms with van der Waals surface area (Å²) in [4.78, 5) is 10.9. The SMILES string of the molecule is O=C(Cl)C1C2(CC2)C12CC2. The van der Waals surface area contributed by atoms with E-state index in [1.807, 2.05) is 0 Å². The van der Waals surface area contributed by atoms with Crippen LogP contribution in [0.5, 0.6) is 0 Å². The van der Waals surface area contributed by atoms with Crippen LogP contribution in [0.15, 0.2) is 0 Å². The van der Waals surface area contributed by atoms with Crippen molar-refractivity contribution in [3.8, 4) is 0 Å². The van der Waals surface area contributed by atoms with Crippen molar-refractivity contribution in [1.29, 1.82) is 0 Å². The van der Waals surface area contributed by atoms with Gasteiger partial charge in [0.15, 0.2) is 0 Å². The third-order valence-corrected chi connectivity index (χ3v) is 4.04. The third kappa shape index (κ3) is 0.355. The largest absolute Gasteiger partial charge is 0.281 e. The lowest BCUT2D eigenvalue weighted by molar-refractivity contribution is -0.113. The average Bonchev–Trinajstić information content (AvgIpc) is 2.59. The number of hydrogen-bond donors (Lipinski definition) is 0. The minimum absolute atomic E-state index is 0.0602. The highest BCUT2D eigenvalue weighted by Crippen LogP contribution is 2.92. The van der Waals surface area contributed by atoms with Gasteiger partial charge in [-0.25, -0.2) is 0 Å². The molecule has 0 aliphatic heterocycles. The minimum Gasteiger partial charge on any atom is -0.281 e. The van der Waals surface area contributed by atoms with Crippen LogP contribution in [0.25, 0.3) is 0 Å². The van der Waals surface area contributed by atoms with Crippen LogP contribution in [0, 0.1) is 16.7 Å². The smallest absolute Gasteiger partial charge is 0.225 e. The van der Waals surface area contributed by atoms with E-state index >= 15 is 0 Å². The first kappa shape index (κ1) is 5.59. The van der Waals surface area contributed by atoms with E-state index in [0.717, 1.165) is 0 Å². The second-order valence-electron chi connectivity index (χ2n) is 4.05. The second-order valence-corrected chi connectivity index (χ2v) is 4.42. The molecular weight excluding hydrogens is 148 g/mol. The molecule has 0 heterocycles. The average molecular weight is 157 g/mol. The lowest BCUT2D eigenvalue weighted by Crippen LogP contribution is -1.91. The first-order chi connectivity index (χ1) is 4.73. The highest BCUT2D eigenvalue weighted by atomic mass is 35.5. The Morgan fingerprint density at radius 3 is 1.70 bits per heavy atom. The summed E-state index contributed by atoms with van der Waals surface area (Å²) in [5.74, 6) is 0.279. The predicted octanol–water partition coefficient (Wildman–Crippen LogP) is 1.94. The van der Waals surface area contributed by atoms with Crippen molar-refractivity contribution in [2.24, 2.45) is 16.7 Å². The molecule has 3 aliphatic rings. The molecule has 0 amide bonds. The fraction of sp³-hybridized carbons (Fsp3) is 0.875. The van der Waals surface area contributed by atoms with Crippen molar-refractivity contribution in [2.75, 3.05) is 0 Å². The molecule has 0 aromatic heterocycles. The summed E-state index contributed by atoms with van der Waals surface area (Å²) in [6, 6.07) is 0. The summed E-state index contributed by atoms with van der Waals surface area (Å²) >= 11 is 5.49. The van der Waals surface area contributed by atoms with Crippen molar-refractivity contribution >= 4 is 16.8 Å². The molecule has 1 nitrogen and oxygen atoms in total. The molecule has 0 N–H and O–H groups in total. The molecule has 0 aromatic carbocycles. The van der Waals surface area contributed by atoms with Crippen LogP contribution in [0.3, 0.4) is 0 Å². The highest BCUT2D eigenvalue weighted by Gasteiger charge is 2.88. The van der Waals surface area contributed by atoms with E-state index in [4.69, 9.17) is 11.6 Å². The Labute approximate surface area is 64.7 Å². The standard InChI is InChI=1S/C8H9ClO/c9-6(10)5-7(1-2-7)8(5)3-4-8/h5H,1-4H2. The molecule has 0 aromatic rings. The number of halogens is 1. The van der Waals surface area contributed by atoms with E-state index in [0.29, 0.717) is 10.8 Å². The summed E-state index contributed by atoms with van der Waals surface area (Å²) < 4.78 is 0. The normalized spacial score (nSPS) is 41.9. The molecule has 0 radical (unpaired) electrons. The van der Waals surface area contributed by atoms with Gasteiger partial charge in [0.25, 0.3) is 0 Å².